The summed E-state index contributed by atoms with van der Waals surface area (Å²) < 4.78 is 23.8. The van der Waals surface area contributed by atoms with Gasteiger partial charge in [0.2, 0.25) is 0 Å². The number of hydrogen-bond donors (Lipinski definition) is 1. The van der Waals surface area contributed by atoms with Crippen molar-refractivity contribution in [2.24, 2.45) is 5.73 Å². The number of halogens is 1. The van der Waals surface area contributed by atoms with Gasteiger partial charge in [0.15, 0.2) is 0 Å². The highest BCUT2D eigenvalue weighted by Gasteiger charge is 2.14. The highest BCUT2D eigenvalue weighted by atomic mass is 19.1. The molecule has 1 unspecified atom stereocenters. The van der Waals surface area contributed by atoms with E-state index in [2.05, 4.69) is 0 Å². The summed E-state index contributed by atoms with van der Waals surface area (Å²) in [6, 6.07) is 7.85. The van der Waals surface area contributed by atoms with Crippen molar-refractivity contribution < 1.29 is 13.5 Å². The standard InChI is InChI=1S/C13H14FNO2/c1-16-9-4-5-11(12(14)7-9)13(15)8-10-3-2-6-17-10/h2-7,13H,8,15H2,1H3. The molecule has 1 aromatic heterocycles. The van der Waals surface area contributed by atoms with Gasteiger partial charge in [0.1, 0.15) is 17.3 Å². The molecule has 0 amide bonds. The maximum atomic E-state index is 13.7. The first-order valence-electron chi connectivity index (χ1n) is 5.32. The smallest absolute Gasteiger partial charge is 0.131 e. The molecular formula is C13H14FNO2. The Morgan fingerprint density at radius 2 is 2.24 bits per heavy atom. The fraction of sp³-hybridized carbons (Fsp3) is 0.231. The third-order valence-corrected chi connectivity index (χ3v) is 2.61. The number of methoxy groups -OCH3 is 1. The van der Waals surface area contributed by atoms with Crippen LogP contribution in [0.1, 0.15) is 17.4 Å². The van der Waals surface area contributed by atoms with Crippen molar-refractivity contribution in [3.8, 4) is 5.75 Å². The van der Waals surface area contributed by atoms with Crippen LogP contribution in [0.3, 0.4) is 0 Å². The van der Waals surface area contributed by atoms with Crippen molar-refractivity contribution in [3.63, 3.8) is 0 Å². The van der Waals surface area contributed by atoms with Crippen LogP contribution in [-0.4, -0.2) is 7.11 Å². The second kappa shape index (κ2) is 5.01. The van der Waals surface area contributed by atoms with Crippen LogP contribution in [0.5, 0.6) is 5.75 Å². The van der Waals surface area contributed by atoms with E-state index in [0.717, 1.165) is 5.76 Å². The van der Waals surface area contributed by atoms with E-state index in [0.29, 0.717) is 17.7 Å². The van der Waals surface area contributed by atoms with Crippen LogP contribution >= 0.6 is 0 Å². The second-order valence-electron chi connectivity index (χ2n) is 3.78. The SMILES string of the molecule is COc1ccc(C(N)Cc2ccco2)c(F)c1. The number of nitrogens with two attached hydrogens (primary N) is 1. The molecular weight excluding hydrogens is 221 g/mol. The lowest BCUT2D eigenvalue weighted by atomic mass is 10.0. The molecule has 0 spiro atoms. The van der Waals surface area contributed by atoms with E-state index in [1.54, 1.807) is 24.5 Å². The van der Waals surface area contributed by atoms with Gasteiger partial charge in [-0.3, -0.25) is 0 Å². The molecule has 0 radical (unpaired) electrons. The molecule has 2 aromatic rings. The van der Waals surface area contributed by atoms with Gasteiger partial charge in [-0.25, -0.2) is 4.39 Å². The lowest BCUT2D eigenvalue weighted by Crippen LogP contribution is -2.14. The Morgan fingerprint density at radius 3 is 2.82 bits per heavy atom. The number of rotatable bonds is 4. The molecule has 1 atom stereocenters. The van der Waals surface area contributed by atoms with Crippen molar-refractivity contribution in [1.82, 2.24) is 0 Å². The molecule has 1 heterocycles. The van der Waals surface area contributed by atoms with Crippen molar-refractivity contribution in [3.05, 3.63) is 53.7 Å². The van der Waals surface area contributed by atoms with Crippen LogP contribution in [0.4, 0.5) is 4.39 Å². The van der Waals surface area contributed by atoms with Crippen molar-refractivity contribution in [2.45, 2.75) is 12.5 Å². The summed E-state index contributed by atoms with van der Waals surface area (Å²) in [6.07, 6.45) is 2.04. The average molecular weight is 235 g/mol. The third-order valence-electron chi connectivity index (χ3n) is 2.61. The van der Waals surface area contributed by atoms with Crippen LogP contribution in [0, 0.1) is 5.82 Å². The zero-order valence-corrected chi connectivity index (χ0v) is 9.52. The molecule has 2 rings (SSSR count). The van der Waals surface area contributed by atoms with Gasteiger partial charge in [0, 0.05) is 24.1 Å². The molecule has 90 valence electrons. The fourth-order valence-corrected chi connectivity index (χ4v) is 1.69. The Bertz CT molecular complexity index is 482. The summed E-state index contributed by atoms with van der Waals surface area (Å²) in [4.78, 5) is 0. The van der Waals surface area contributed by atoms with E-state index in [1.165, 1.54) is 13.2 Å². The number of furan rings is 1. The molecule has 0 bridgehead atoms. The Kier molecular flexibility index (Phi) is 3.44. The maximum Gasteiger partial charge on any atom is 0.131 e. The zero-order chi connectivity index (χ0) is 12.3. The first-order chi connectivity index (χ1) is 8.20. The third kappa shape index (κ3) is 2.65. The second-order valence-corrected chi connectivity index (χ2v) is 3.78. The largest absolute Gasteiger partial charge is 0.497 e. The molecule has 17 heavy (non-hydrogen) atoms. The van der Waals surface area contributed by atoms with Gasteiger partial charge >= 0.3 is 0 Å². The Morgan fingerprint density at radius 1 is 1.41 bits per heavy atom. The summed E-state index contributed by atoms with van der Waals surface area (Å²) in [5.74, 6) is 0.868. The quantitative estimate of drug-likeness (QED) is 0.886. The molecule has 0 saturated heterocycles. The number of ether oxygens (including phenoxy) is 1. The molecule has 0 saturated carbocycles. The predicted octanol–water partition coefficient (Wildman–Crippen LogP) is 2.67. The van der Waals surface area contributed by atoms with E-state index in [-0.39, 0.29) is 5.82 Å². The van der Waals surface area contributed by atoms with Crippen LogP contribution in [0.15, 0.2) is 41.0 Å². The highest BCUT2D eigenvalue weighted by Crippen LogP contribution is 2.23. The van der Waals surface area contributed by atoms with Crippen molar-refractivity contribution in [2.75, 3.05) is 7.11 Å². The van der Waals surface area contributed by atoms with E-state index in [9.17, 15) is 4.39 Å². The first kappa shape index (κ1) is 11.7. The normalized spacial score (nSPS) is 12.4. The highest BCUT2D eigenvalue weighted by molar-refractivity contribution is 5.31. The predicted molar refractivity (Wildman–Crippen MR) is 62.3 cm³/mol. The first-order valence-corrected chi connectivity index (χ1v) is 5.32. The number of hydrogen-bond acceptors (Lipinski definition) is 3. The summed E-state index contributed by atoms with van der Waals surface area (Å²) in [5.41, 5.74) is 6.40. The molecule has 1 aromatic carbocycles. The summed E-state index contributed by atoms with van der Waals surface area (Å²) >= 11 is 0. The molecule has 3 nitrogen and oxygen atoms in total. The lowest BCUT2D eigenvalue weighted by molar-refractivity contribution is 0.409. The Balaban J connectivity index is 2.16. The number of benzene rings is 1. The molecule has 4 heteroatoms. The monoisotopic (exact) mass is 235 g/mol. The minimum absolute atomic E-state index is 0.358. The van der Waals surface area contributed by atoms with Crippen LogP contribution in [0.2, 0.25) is 0 Å². The van der Waals surface area contributed by atoms with E-state index >= 15 is 0 Å². The van der Waals surface area contributed by atoms with Crippen LogP contribution in [0.25, 0.3) is 0 Å². The molecule has 0 aliphatic heterocycles. The van der Waals surface area contributed by atoms with Gasteiger partial charge in [-0.2, -0.15) is 0 Å². The van der Waals surface area contributed by atoms with Crippen LogP contribution < -0.4 is 10.5 Å². The van der Waals surface area contributed by atoms with Gasteiger partial charge in [0.25, 0.3) is 0 Å². The molecule has 0 aliphatic rings. The summed E-state index contributed by atoms with van der Waals surface area (Å²) in [6.45, 7) is 0. The lowest BCUT2D eigenvalue weighted by Gasteiger charge is -2.12. The zero-order valence-electron chi connectivity index (χ0n) is 9.52. The summed E-state index contributed by atoms with van der Waals surface area (Å²) in [7, 11) is 1.50. The van der Waals surface area contributed by atoms with Crippen molar-refractivity contribution >= 4 is 0 Å². The van der Waals surface area contributed by atoms with Gasteiger partial charge in [0.05, 0.1) is 13.4 Å². The fourth-order valence-electron chi connectivity index (χ4n) is 1.69. The molecule has 0 fully saturated rings. The van der Waals surface area contributed by atoms with E-state index < -0.39 is 6.04 Å². The topological polar surface area (TPSA) is 48.4 Å². The minimum atomic E-state index is -0.424. The molecule has 2 N–H and O–H groups in total. The van der Waals surface area contributed by atoms with Gasteiger partial charge in [-0.1, -0.05) is 6.07 Å². The Hall–Kier alpha value is -1.81. The maximum absolute atomic E-state index is 13.7. The average Bonchev–Trinajstić information content (AvgIpc) is 2.81. The van der Waals surface area contributed by atoms with E-state index in [4.69, 9.17) is 14.9 Å². The Labute approximate surface area is 99.0 Å². The van der Waals surface area contributed by atoms with Gasteiger partial charge in [-0.05, 0) is 18.2 Å². The molecule has 0 aliphatic carbocycles. The minimum Gasteiger partial charge on any atom is -0.497 e. The van der Waals surface area contributed by atoms with Crippen molar-refractivity contribution in [1.29, 1.82) is 0 Å². The van der Waals surface area contributed by atoms with E-state index in [1.807, 2.05) is 6.07 Å². The van der Waals surface area contributed by atoms with Gasteiger partial charge in [-0.15, -0.1) is 0 Å². The van der Waals surface area contributed by atoms with Gasteiger partial charge < -0.3 is 14.9 Å². The van der Waals surface area contributed by atoms with Crippen LogP contribution in [-0.2, 0) is 6.42 Å². The summed E-state index contributed by atoms with van der Waals surface area (Å²) in [5, 5.41) is 0.